The van der Waals surface area contributed by atoms with Gasteiger partial charge in [0.2, 0.25) is 0 Å². The number of hydrogen-bond acceptors (Lipinski definition) is 2. The van der Waals surface area contributed by atoms with Crippen LogP contribution in [-0.4, -0.2) is 23.2 Å². The molecule has 0 spiro atoms. The highest BCUT2D eigenvalue weighted by Gasteiger charge is 2.41. The highest BCUT2D eigenvalue weighted by molar-refractivity contribution is 5.17. The second-order valence-electron chi connectivity index (χ2n) is 5.55. The Morgan fingerprint density at radius 2 is 1.41 bits per heavy atom. The zero-order valence-electron chi connectivity index (χ0n) is 12.3. The lowest BCUT2D eigenvalue weighted by Gasteiger charge is -2.27. The molecule has 2 aromatic rings. The number of halogens is 2. The van der Waals surface area contributed by atoms with E-state index in [1.54, 1.807) is 12.1 Å². The fraction of sp³-hybridized carbons (Fsp3) is 0.333. The molecule has 2 rings (SSSR count). The molecular weight excluding hydrogens is 284 g/mol. The molecule has 2 aromatic carbocycles. The van der Waals surface area contributed by atoms with E-state index < -0.39 is 24.5 Å². The van der Waals surface area contributed by atoms with Gasteiger partial charge in [0.15, 0.2) is 0 Å². The highest BCUT2D eigenvalue weighted by Crippen LogP contribution is 2.27. The van der Waals surface area contributed by atoms with Gasteiger partial charge in [0.05, 0.1) is 0 Å². The lowest BCUT2D eigenvalue weighted by Crippen LogP contribution is -2.48. The Morgan fingerprint density at radius 1 is 0.909 bits per heavy atom. The van der Waals surface area contributed by atoms with E-state index in [-0.39, 0.29) is 12.8 Å². The third-order valence-electron chi connectivity index (χ3n) is 3.74. The number of aliphatic hydroxyl groups is 1. The summed E-state index contributed by atoms with van der Waals surface area (Å²) in [6, 6.07) is 17.2. The molecule has 0 bridgehead atoms. The summed E-state index contributed by atoms with van der Waals surface area (Å²) in [5.41, 5.74) is 7.44. The molecule has 0 saturated carbocycles. The van der Waals surface area contributed by atoms with Crippen molar-refractivity contribution in [2.75, 3.05) is 0 Å². The number of nitrogens with two attached hydrogens (primary N) is 1. The molecule has 3 N–H and O–H groups in total. The first-order valence-corrected chi connectivity index (χ1v) is 7.38. The van der Waals surface area contributed by atoms with Crippen molar-refractivity contribution in [3.63, 3.8) is 0 Å². The van der Waals surface area contributed by atoms with Crippen molar-refractivity contribution in [3.05, 3.63) is 71.8 Å². The second-order valence-corrected chi connectivity index (χ2v) is 5.55. The Kier molecular flexibility index (Phi) is 5.63. The van der Waals surface area contributed by atoms with Crippen LogP contribution in [-0.2, 0) is 12.8 Å². The maximum Gasteiger partial charge on any atom is 0.275 e. The summed E-state index contributed by atoms with van der Waals surface area (Å²) in [5, 5.41) is 9.91. The van der Waals surface area contributed by atoms with Crippen LogP contribution in [0, 0.1) is 0 Å². The van der Waals surface area contributed by atoms with Gasteiger partial charge in [0.25, 0.3) is 5.92 Å². The summed E-state index contributed by atoms with van der Waals surface area (Å²) >= 11 is 0. The van der Waals surface area contributed by atoms with Crippen molar-refractivity contribution in [2.24, 2.45) is 5.73 Å². The monoisotopic (exact) mass is 305 g/mol. The summed E-state index contributed by atoms with van der Waals surface area (Å²) in [6.07, 6.45) is -1.83. The molecule has 0 fully saturated rings. The first-order valence-electron chi connectivity index (χ1n) is 7.38. The Bertz CT molecular complexity index is 560. The largest absolute Gasteiger partial charge is 0.385 e. The standard InChI is InChI=1S/C18H21F2NO/c19-18(20,12-11-14-7-3-1-4-8-14)17(22)16(21)13-15-9-5-2-6-10-15/h1-10,16-17,22H,11-13,21H2/t16-,17-/m0/s1. The van der Waals surface area contributed by atoms with E-state index in [1.165, 1.54) is 0 Å². The van der Waals surface area contributed by atoms with Gasteiger partial charge in [0, 0.05) is 12.5 Å². The molecule has 0 aromatic heterocycles. The summed E-state index contributed by atoms with van der Waals surface area (Å²) < 4.78 is 28.3. The summed E-state index contributed by atoms with van der Waals surface area (Å²) in [7, 11) is 0. The number of benzene rings is 2. The lowest BCUT2D eigenvalue weighted by molar-refractivity contribution is -0.121. The van der Waals surface area contributed by atoms with Crippen molar-refractivity contribution >= 4 is 0 Å². The lowest BCUT2D eigenvalue weighted by atomic mass is 9.94. The van der Waals surface area contributed by atoms with Gasteiger partial charge in [-0.15, -0.1) is 0 Å². The van der Waals surface area contributed by atoms with Gasteiger partial charge in [-0.1, -0.05) is 60.7 Å². The summed E-state index contributed by atoms with van der Waals surface area (Å²) in [5.74, 6) is -3.20. The van der Waals surface area contributed by atoms with Crippen LogP contribution in [0.4, 0.5) is 8.78 Å². The number of aryl methyl sites for hydroxylation is 1. The third-order valence-corrected chi connectivity index (χ3v) is 3.74. The van der Waals surface area contributed by atoms with E-state index in [9.17, 15) is 13.9 Å². The van der Waals surface area contributed by atoms with Crippen LogP contribution in [0.3, 0.4) is 0 Å². The SMILES string of the molecule is N[C@@H](Cc1ccccc1)[C@H](O)C(F)(F)CCc1ccccc1. The van der Waals surface area contributed by atoms with E-state index in [0.717, 1.165) is 11.1 Å². The Labute approximate surface area is 129 Å². The quantitative estimate of drug-likeness (QED) is 0.825. The van der Waals surface area contributed by atoms with Crippen LogP contribution in [0.1, 0.15) is 17.5 Å². The number of alkyl halides is 2. The maximum atomic E-state index is 14.1. The molecular formula is C18H21F2NO. The van der Waals surface area contributed by atoms with Gasteiger partial charge < -0.3 is 10.8 Å². The van der Waals surface area contributed by atoms with Crippen LogP contribution in [0.2, 0.25) is 0 Å². The molecule has 0 aliphatic rings. The van der Waals surface area contributed by atoms with Crippen molar-refractivity contribution in [3.8, 4) is 0 Å². The van der Waals surface area contributed by atoms with Crippen molar-refractivity contribution in [1.29, 1.82) is 0 Å². The fourth-order valence-corrected chi connectivity index (χ4v) is 2.41. The fourth-order valence-electron chi connectivity index (χ4n) is 2.41. The minimum Gasteiger partial charge on any atom is -0.385 e. The zero-order valence-corrected chi connectivity index (χ0v) is 12.3. The molecule has 2 atom stereocenters. The van der Waals surface area contributed by atoms with Crippen LogP contribution < -0.4 is 5.73 Å². The minimum atomic E-state index is -3.20. The average molecular weight is 305 g/mol. The Hall–Kier alpha value is -1.78. The van der Waals surface area contributed by atoms with Gasteiger partial charge in [0.1, 0.15) is 6.10 Å². The van der Waals surface area contributed by atoms with E-state index in [0.29, 0.717) is 0 Å². The maximum absolute atomic E-state index is 14.1. The van der Waals surface area contributed by atoms with E-state index in [1.807, 2.05) is 48.5 Å². The number of hydrogen-bond donors (Lipinski definition) is 2. The zero-order chi connectivity index (χ0) is 16.0. The smallest absolute Gasteiger partial charge is 0.275 e. The summed E-state index contributed by atoms with van der Waals surface area (Å²) in [6.45, 7) is 0. The molecule has 0 radical (unpaired) electrons. The van der Waals surface area contributed by atoms with E-state index in [2.05, 4.69) is 0 Å². The Balaban J connectivity index is 1.92. The van der Waals surface area contributed by atoms with E-state index >= 15 is 0 Å². The van der Waals surface area contributed by atoms with Crippen molar-refractivity contribution in [2.45, 2.75) is 37.3 Å². The van der Waals surface area contributed by atoms with Crippen LogP contribution in [0.15, 0.2) is 60.7 Å². The molecule has 0 heterocycles. The van der Waals surface area contributed by atoms with E-state index in [4.69, 9.17) is 5.73 Å². The van der Waals surface area contributed by atoms with Crippen molar-refractivity contribution in [1.82, 2.24) is 0 Å². The van der Waals surface area contributed by atoms with Gasteiger partial charge in [-0.25, -0.2) is 8.78 Å². The van der Waals surface area contributed by atoms with Crippen LogP contribution in [0.25, 0.3) is 0 Å². The third kappa shape index (κ3) is 4.61. The second kappa shape index (κ2) is 7.47. The number of aliphatic hydroxyl groups excluding tert-OH is 1. The van der Waals surface area contributed by atoms with Crippen molar-refractivity contribution < 1.29 is 13.9 Å². The molecule has 0 aliphatic carbocycles. The predicted molar refractivity (Wildman–Crippen MR) is 83.8 cm³/mol. The summed E-state index contributed by atoms with van der Waals surface area (Å²) in [4.78, 5) is 0. The van der Waals surface area contributed by atoms with Gasteiger partial charge in [-0.05, 0) is 24.0 Å². The number of rotatable bonds is 7. The molecule has 2 nitrogen and oxygen atoms in total. The first-order chi connectivity index (χ1) is 10.5. The van der Waals surface area contributed by atoms with Crippen LogP contribution in [0.5, 0.6) is 0 Å². The van der Waals surface area contributed by atoms with Gasteiger partial charge in [-0.3, -0.25) is 0 Å². The molecule has 4 heteroatoms. The van der Waals surface area contributed by atoms with Gasteiger partial charge >= 0.3 is 0 Å². The highest BCUT2D eigenvalue weighted by atomic mass is 19.3. The predicted octanol–water partition coefficient (Wildman–Crippen LogP) is 3.19. The molecule has 0 saturated heterocycles. The molecule has 118 valence electrons. The topological polar surface area (TPSA) is 46.2 Å². The Morgan fingerprint density at radius 3 is 1.95 bits per heavy atom. The molecule has 0 aliphatic heterocycles. The molecule has 22 heavy (non-hydrogen) atoms. The minimum absolute atomic E-state index is 0.211. The van der Waals surface area contributed by atoms with Crippen LogP contribution >= 0.6 is 0 Å². The average Bonchev–Trinajstić information content (AvgIpc) is 2.54. The van der Waals surface area contributed by atoms with Gasteiger partial charge in [-0.2, -0.15) is 0 Å². The molecule has 0 unspecified atom stereocenters. The molecule has 0 amide bonds. The first kappa shape index (κ1) is 16.6. The normalized spacial score (nSPS) is 14.5.